The van der Waals surface area contributed by atoms with E-state index in [9.17, 15) is 4.79 Å². The van der Waals surface area contributed by atoms with Crippen LogP contribution in [0.15, 0.2) is 6.20 Å². The molecule has 1 heterocycles. The second-order valence-corrected chi connectivity index (χ2v) is 3.01. The summed E-state index contributed by atoms with van der Waals surface area (Å²) in [5, 5.41) is 2.81. The van der Waals surface area contributed by atoms with Crippen LogP contribution in [0.3, 0.4) is 0 Å². The molecule has 78 valence electrons. The van der Waals surface area contributed by atoms with Crippen LogP contribution >= 0.6 is 0 Å². The molecule has 0 aliphatic heterocycles. The first-order chi connectivity index (χ1) is 6.70. The summed E-state index contributed by atoms with van der Waals surface area (Å²) in [6.45, 7) is 0.745. The van der Waals surface area contributed by atoms with Gasteiger partial charge in [0.2, 0.25) is 0 Å². The Hall–Kier alpha value is -1.20. The van der Waals surface area contributed by atoms with Gasteiger partial charge in [0.15, 0.2) is 5.78 Å². The summed E-state index contributed by atoms with van der Waals surface area (Å²) in [6, 6.07) is 0. The number of carbonyl (C=O) groups excluding carboxylic acids is 1. The van der Waals surface area contributed by atoms with Gasteiger partial charge in [-0.15, -0.1) is 0 Å². The number of nitrogens with zero attached hydrogens (tertiary/aromatic N) is 2. The number of Topliss-reactive ketones (excluding diaryl/α,β-unsaturated/α-hetero) is 1. The van der Waals surface area contributed by atoms with Gasteiger partial charge in [0, 0.05) is 14.2 Å². The van der Waals surface area contributed by atoms with E-state index in [1.165, 1.54) is 0 Å². The van der Waals surface area contributed by atoms with Crippen LogP contribution in [0, 0.1) is 0 Å². The number of carbonyl (C=O) groups is 1. The molecule has 1 aromatic heterocycles. The van der Waals surface area contributed by atoms with Gasteiger partial charge in [-0.3, -0.25) is 4.79 Å². The Bertz CT molecular complexity index is 320. The number of rotatable bonds is 5. The van der Waals surface area contributed by atoms with Crippen molar-refractivity contribution < 1.29 is 9.53 Å². The minimum atomic E-state index is 0.0323. The van der Waals surface area contributed by atoms with Crippen molar-refractivity contribution in [1.82, 2.24) is 14.9 Å². The lowest BCUT2D eigenvalue weighted by molar-refractivity contribution is 0.0984. The van der Waals surface area contributed by atoms with Crippen LogP contribution in [0.5, 0.6) is 0 Å². The molecule has 0 fully saturated rings. The van der Waals surface area contributed by atoms with Crippen molar-refractivity contribution in [2.75, 3.05) is 20.7 Å². The molecule has 0 saturated heterocycles. The molecular formula is C9H15N3O2. The van der Waals surface area contributed by atoms with Crippen molar-refractivity contribution >= 4 is 5.78 Å². The van der Waals surface area contributed by atoms with E-state index in [1.54, 1.807) is 24.9 Å². The monoisotopic (exact) mass is 197 g/mol. The lowest BCUT2D eigenvalue weighted by Gasteiger charge is -2.03. The Morgan fingerprint density at radius 1 is 1.71 bits per heavy atom. The largest absolute Gasteiger partial charge is 0.377 e. The molecule has 5 nitrogen and oxygen atoms in total. The van der Waals surface area contributed by atoms with Crippen LogP contribution in [0.1, 0.15) is 16.3 Å². The van der Waals surface area contributed by atoms with Gasteiger partial charge in [0.05, 0.1) is 12.7 Å². The third-order valence-electron chi connectivity index (χ3n) is 1.98. The third kappa shape index (κ3) is 2.18. The molecule has 14 heavy (non-hydrogen) atoms. The number of hydrogen-bond acceptors (Lipinski definition) is 4. The predicted octanol–water partition coefficient (Wildman–Crippen LogP) is -0.0314. The van der Waals surface area contributed by atoms with Crippen molar-refractivity contribution in [2.24, 2.45) is 7.05 Å². The van der Waals surface area contributed by atoms with Crippen molar-refractivity contribution in [3.8, 4) is 0 Å². The summed E-state index contributed by atoms with van der Waals surface area (Å²) >= 11 is 0. The van der Waals surface area contributed by atoms with E-state index in [-0.39, 0.29) is 5.78 Å². The molecule has 1 N–H and O–H groups in total. The number of ketones is 1. The van der Waals surface area contributed by atoms with Crippen LogP contribution in [-0.4, -0.2) is 36.0 Å². The molecule has 5 heteroatoms. The maximum atomic E-state index is 11.5. The van der Waals surface area contributed by atoms with E-state index in [0.717, 1.165) is 5.82 Å². The Morgan fingerprint density at radius 3 is 3.00 bits per heavy atom. The van der Waals surface area contributed by atoms with Crippen LogP contribution in [0.25, 0.3) is 0 Å². The maximum Gasteiger partial charge on any atom is 0.194 e. The summed E-state index contributed by atoms with van der Waals surface area (Å²) in [7, 11) is 5.15. The van der Waals surface area contributed by atoms with Crippen LogP contribution < -0.4 is 5.32 Å². The maximum absolute atomic E-state index is 11.5. The highest BCUT2D eigenvalue weighted by atomic mass is 16.5. The van der Waals surface area contributed by atoms with Crippen LogP contribution in [-0.2, 0) is 18.4 Å². The summed E-state index contributed by atoms with van der Waals surface area (Å²) in [5.74, 6) is 0.789. The molecular weight excluding hydrogens is 182 g/mol. The van der Waals surface area contributed by atoms with Crippen molar-refractivity contribution in [3.63, 3.8) is 0 Å². The first-order valence-corrected chi connectivity index (χ1v) is 4.38. The lowest BCUT2D eigenvalue weighted by Crippen LogP contribution is -2.21. The van der Waals surface area contributed by atoms with Crippen LogP contribution in [0.2, 0.25) is 0 Å². The highest BCUT2D eigenvalue weighted by molar-refractivity contribution is 5.96. The molecule has 0 radical (unpaired) electrons. The van der Waals surface area contributed by atoms with E-state index in [1.807, 2.05) is 7.05 Å². The quantitative estimate of drug-likeness (QED) is 0.673. The lowest BCUT2D eigenvalue weighted by atomic mass is 10.3. The standard InChI is InChI=1S/C9H15N3O2/c1-10-5-8(13)7-4-11-9(6-14-3)12(7)2/h4,10H,5-6H2,1-3H3. The topological polar surface area (TPSA) is 56.1 Å². The number of likely N-dealkylation sites (N-methyl/N-ethyl adjacent to an activating group) is 1. The first-order valence-electron chi connectivity index (χ1n) is 4.38. The normalized spacial score (nSPS) is 10.5. The number of nitrogens with one attached hydrogen (secondary N) is 1. The molecule has 0 saturated carbocycles. The van der Waals surface area contributed by atoms with E-state index < -0.39 is 0 Å². The Kier molecular flexibility index (Phi) is 3.79. The third-order valence-corrected chi connectivity index (χ3v) is 1.98. The fourth-order valence-electron chi connectivity index (χ4n) is 1.22. The Balaban J connectivity index is 2.83. The van der Waals surface area contributed by atoms with Gasteiger partial charge in [-0.05, 0) is 7.05 Å². The molecule has 0 spiro atoms. The summed E-state index contributed by atoms with van der Waals surface area (Å²) < 4.78 is 6.70. The molecule has 0 unspecified atom stereocenters. The van der Waals surface area contributed by atoms with Gasteiger partial charge >= 0.3 is 0 Å². The van der Waals surface area contributed by atoms with E-state index in [4.69, 9.17) is 4.74 Å². The fraction of sp³-hybridized carbons (Fsp3) is 0.556. The zero-order valence-corrected chi connectivity index (χ0v) is 8.70. The summed E-state index contributed by atoms with van der Waals surface area (Å²) in [5.41, 5.74) is 0.603. The highest BCUT2D eigenvalue weighted by Gasteiger charge is 2.12. The van der Waals surface area contributed by atoms with Crippen molar-refractivity contribution in [3.05, 3.63) is 17.7 Å². The van der Waals surface area contributed by atoms with Gasteiger partial charge in [0.25, 0.3) is 0 Å². The molecule has 0 amide bonds. The molecule has 1 aromatic rings. The van der Waals surface area contributed by atoms with Gasteiger partial charge in [0.1, 0.15) is 18.1 Å². The number of imidazole rings is 1. The average Bonchev–Trinajstić information content (AvgIpc) is 2.49. The fourth-order valence-corrected chi connectivity index (χ4v) is 1.22. The van der Waals surface area contributed by atoms with Gasteiger partial charge in [-0.1, -0.05) is 0 Å². The zero-order valence-electron chi connectivity index (χ0n) is 8.70. The number of methoxy groups -OCH3 is 1. The molecule has 0 atom stereocenters. The number of ether oxygens (including phenoxy) is 1. The Morgan fingerprint density at radius 2 is 2.43 bits per heavy atom. The SMILES string of the molecule is CNCC(=O)c1cnc(COC)n1C. The molecule has 0 aromatic carbocycles. The van der Waals surface area contributed by atoms with Gasteiger partial charge in [-0.25, -0.2) is 4.98 Å². The van der Waals surface area contributed by atoms with Gasteiger partial charge < -0.3 is 14.6 Å². The molecule has 1 rings (SSSR count). The highest BCUT2D eigenvalue weighted by Crippen LogP contribution is 2.04. The minimum absolute atomic E-state index is 0.0323. The zero-order chi connectivity index (χ0) is 10.6. The molecule has 0 aliphatic carbocycles. The van der Waals surface area contributed by atoms with Gasteiger partial charge in [-0.2, -0.15) is 0 Å². The number of aromatic nitrogens is 2. The van der Waals surface area contributed by atoms with E-state index in [0.29, 0.717) is 18.8 Å². The van der Waals surface area contributed by atoms with E-state index in [2.05, 4.69) is 10.3 Å². The molecule has 0 bridgehead atoms. The number of hydrogen-bond donors (Lipinski definition) is 1. The van der Waals surface area contributed by atoms with Crippen LogP contribution in [0.4, 0.5) is 0 Å². The summed E-state index contributed by atoms with van der Waals surface area (Å²) in [4.78, 5) is 15.6. The average molecular weight is 197 g/mol. The second kappa shape index (κ2) is 4.88. The first kappa shape index (κ1) is 10.9. The molecule has 0 aliphatic rings. The predicted molar refractivity (Wildman–Crippen MR) is 52.2 cm³/mol. The smallest absolute Gasteiger partial charge is 0.194 e. The minimum Gasteiger partial charge on any atom is -0.377 e. The Labute approximate surface area is 83.1 Å². The van der Waals surface area contributed by atoms with Crippen molar-refractivity contribution in [1.29, 1.82) is 0 Å². The van der Waals surface area contributed by atoms with E-state index >= 15 is 0 Å². The van der Waals surface area contributed by atoms with Crippen molar-refractivity contribution in [2.45, 2.75) is 6.61 Å². The second-order valence-electron chi connectivity index (χ2n) is 3.01. The summed E-state index contributed by atoms with van der Waals surface area (Å²) in [6.07, 6.45) is 1.58.